The molecule has 0 N–H and O–H groups in total. The summed E-state index contributed by atoms with van der Waals surface area (Å²) >= 11 is 9.36. The van der Waals surface area contributed by atoms with E-state index in [1.807, 2.05) is 17.2 Å². The summed E-state index contributed by atoms with van der Waals surface area (Å²) in [5.74, 6) is 1.69. The van der Waals surface area contributed by atoms with Crippen molar-refractivity contribution in [2.45, 2.75) is 6.04 Å². The lowest BCUT2D eigenvalue weighted by Gasteiger charge is -2.21. The van der Waals surface area contributed by atoms with E-state index in [4.69, 9.17) is 11.6 Å². The number of carbonyl (C=O) groups excluding carboxylic acids is 1. The number of rotatable bonds is 0. The minimum absolute atomic E-state index is 0.0373. The summed E-state index contributed by atoms with van der Waals surface area (Å²) < 4.78 is 0. The molecular weight excluding hydrogens is 288 g/mol. The number of hydrogen-bond donors (Lipinski definition) is 0. The van der Waals surface area contributed by atoms with Crippen LogP contribution in [0.5, 0.6) is 0 Å². The van der Waals surface area contributed by atoms with Gasteiger partial charge in [-0.3, -0.25) is 4.79 Å². The van der Waals surface area contributed by atoms with Crippen molar-refractivity contribution in [3.05, 3.63) is 28.8 Å². The van der Waals surface area contributed by atoms with Gasteiger partial charge in [-0.25, -0.2) is 4.99 Å². The zero-order valence-corrected chi connectivity index (χ0v) is 12.1. The third-order valence-corrected chi connectivity index (χ3v) is 5.09. The summed E-state index contributed by atoms with van der Waals surface area (Å²) in [7, 11) is 0. The number of halogens is 1. The predicted octanol–water partition coefficient (Wildman–Crippen LogP) is 3.26. The van der Waals surface area contributed by atoms with Crippen molar-refractivity contribution in [3.8, 4) is 0 Å². The van der Waals surface area contributed by atoms with Gasteiger partial charge < -0.3 is 4.90 Å². The van der Waals surface area contributed by atoms with Crippen LogP contribution in [0.2, 0.25) is 5.02 Å². The number of amides is 1. The van der Waals surface area contributed by atoms with Gasteiger partial charge in [0, 0.05) is 10.8 Å². The first kappa shape index (κ1) is 12.4. The molecule has 1 saturated heterocycles. The van der Waals surface area contributed by atoms with Crippen LogP contribution in [-0.4, -0.2) is 39.8 Å². The van der Waals surface area contributed by atoms with Gasteiger partial charge in [0.15, 0.2) is 0 Å². The van der Waals surface area contributed by atoms with Crippen LogP contribution in [0.15, 0.2) is 23.2 Å². The molecule has 2 aliphatic heterocycles. The molecule has 94 valence electrons. The summed E-state index contributed by atoms with van der Waals surface area (Å²) in [6.45, 7) is 0. The van der Waals surface area contributed by atoms with Crippen molar-refractivity contribution >= 4 is 51.8 Å². The fourth-order valence-corrected chi connectivity index (χ4v) is 4.26. The summed E-state index contributed by atoms with van der Waals surface area (Å²) in [5.41, 5.74) is 1.34. The highest BCUT2D eigenvalue weighted by Gasteiger charge is 2.36. The summed E-state index contributed by atoms with van der Waals surface area (Å²) in [4.78, 5) is 19.0. The lowest BCUT2D eigenvalue weighted by Crippen LogP contribution is -2.39. The second-order valence-electron chi connectivity index (χ2n) is 4.11. The van der Waals surface area contributed by atoms with Crippen LogP contribution in [0.25, 0.3) is 0 Å². The molecule has 3 nitrogen and oxygen atoms in total. The standard InChI is InChI=1S/C12H11ClN2OS2/c1-17-11-10-5-18-6-15(10)12(16)8-4-7(13)2-3-9(8)14-11/h2-4,10H,5-6H2,1H3. The summed E-state index contributed by atoms with van der Waals surface area (Å²) in [5, 5.41) is 1.59. The zero-order valence-electron chi connectivity index (χ0n) is 9.72. The van der Waals surface area contributed by atoms with Gasteiger partial charge in [0.2, 0.25) is 0 Å². The highest BCUT2D eigenvalue weighted by Crippen LogP contribution is 2.35. The predicted molar refractivity (Wildman–Crippen MR) is 79.3 cm³/mol. The van der Waals surface area contributed by atoms with Crippen molar-refractivity contribution in [1.82, 2.24) is 4.90 Å². The van der Waals surface area contributed by atoms with E-state index >= 15 is 0 Å². The molecule has 3 rings (SSSR count). The first-order chi connectivity index (χ1) is 8.70. The van der Waals surface area contributed by atoms with Gasteiger partial charge in [-0.2, -0.15) is 0 Å². The van der Waals surface area contributed by atoms with Gasteiger partial charge in [-0.1, -0.05) is 11.6 Å². The molecule has 0 radical (unpaired) electrons. The Hall–Kier alpha value is -0.650. The summed E-state index contributed by atoms with van der Waals surface area (Å²) in [6, 6.07) is 5.43. The monoisotopic (exact) mass is 298 g/mol. The Morgan fingerprint density at radius 3 is 3.17 bits per heavy atom. The molecule has 0 aromatic heterocycles. The van der Waals surface area contributed by atoms with E-state index in [1.165, 1.54) is 0 Å². The molecule has 6 heteroatoms. The number of aliphatic imine (C=N–C) groups is 1. The largest absolute Gasteiger partial charge is 0.319 e. The lowest BCUT2D eigenvalue weighted by molar-refractivity contribution is 0.0784. The quantitative estimate of drug-likeness (QED) is 0.737. The zero-order chi connectivity index (χ0) is 12.7. The number of thioether (sulfide) groups is 2. The molecule has 1 atom stereocenters. The van der Waals surface area contributed by atoms with Gasteiger partial charge in [-0.15, -0.1) is 23.5 Å². The highest BCUT2D eigenvalue weighted by molar-refractivity contribution is 8.13. The van der Waals surface area contributed by atoms with E-state index < -0.39 is 0 Å². The van der Waals surface area contributed by atoms with Crippen molar-refractivity contribution in [2.24, 2.45) is 4.99 Å². The SMILES string of the molecule is CSC1=Nc2ccc(Cl)cc2C(=O)N2CSCC12. The van der Waals surface area contributed by atoms with Gasteiger partial charge >= 0.3 is 0 Å². The average Bonchev–Trinajstić information content (AvgIpc) is 2.81. The Kier molecular flexibility index (Phi) is 3.30. The molecule has 2 heterocycles. The first-order valence-electron chi connectivity index (χ1n) is 5.51. The maximum absolute atomic E-state index is 12.5. The van der Waals surface area contributed by atoms with Gasteiger partial charge in [0.1, 0.15) is 0 Å². The molecule has 1 unspecified atom stereocenters. The van der Waals surface area contributed by atoms with Crippen LogP contribution in [0.3, 0.4) is 0 Å². The maximum atomic E-state index is 12.5. The highest BCUT2D eigenvalue weighted by atomic mass is 35.5. The Labute approximate surface area is 119 Å². The number of hydrogen-bond acceptors (Lipinski definition) is 4. The lowest BCUT2D eigenvalue weighted by atomic mass is 10.1. The third kappa shape index (κ3) is 1.94. The number of benzene rings is 1. The van der Waals surface area contributed by atoms with Crippen LogP contribution in [0.4, 0.5) is 5.69 Å². The molecule has 18 heavy (non-hydrogen) atoms. The average molecular weight is 299 g/mol. The third-order valence-electron chi connectivity index (χ3n) is 3.06. The Bertz CT molecular complexity index is 547. The Morgan fingerprint density at radius 2 is 2.39 bits per heavy atom. The van der Waals surface area contributed by atoms with Crippen molar-refractivity contribution in [1.29, 1.82) is 0 Å². The van der Waals surface area contributed by atoms with Crippen molar-refractivity contribution < 1.29 is 4.79 Å². The summed E-state index contributed by atoms with van der Waals surface area (Å²) in [6.07, 6.45) is 2.01. The van der Waals surface area contributed by atoms with Gasteiger partial charge in [0.05, 0.1) is 28.2 Å². The van der Waals surface area contributed by atoms with Crippen LogP contribution in [0.1, 0.15) is 10.4 Å². The second-order valence-corrected chi connectivity index (χ2v) is 6.37. The van der Waals surface area contributed by atoms with Crippen LogP contribution >= 0.6 is 35.1 Å². The van der Waals surface area contributed by atoms with E-state index in [0.29, 0.717) is 10.6 Å². The Balaban J connectivity index is 2.16. The fraction of sp³-hybridized carbons (Fsp3) is 0.333. The topological polar surface area (TPSA) is 32.7 Å². The van der Waals surface area contributed by atoms with Crippen molar-refractivity contribution in [2.75, 3.05) is 17.9 Å². The minimum atomic E-state index is 0.0373. The van der Waals surface area contributed by atoms with Crippen LogP contribution in [0, 0.1) is 0 Å². The molecule has 2 aliphatic rings. The van der Waals surface area contributed by atoms with Crippen LogP contribution < -0.4 is 0 Å². The van der Waals surface area contributed by atoms with E-state index in [9.17, 15) is 4.79 Å². The van der Waals surface area contributed by atoms with E-state index in [-0.39, 0.29) is 11.9 Å². The smallest absolute Gasteiger partial charge is 0.257 e. The first-order valence-corrected chi connectivity index (χ1v) is 8.27. The molecule has 0 saturated carbocycles. The number of nitrogens with zero attached hydrogens (tertiary/aromatic N) is 2. The maximum Gasteiger partial charge on any atom is 0.257 e. The molecular formula is C12H11ClN2OS2. The Morgan fingerprint density at radius 1 is 1.56 bits per heavy atom. The molecule has 0 bridgehead atoms. The molecule has 1 amide bonds. The number of fused-ring (bicyclic) bond motifs is 2. The fourth-order valence-electron chi connectivity index (χ4n) is 2.15. The van der Waals surface area contributed by atoms with Gasteiger partial charge in [-0.05, 0) is 24.5 Å². The minimum Gasteiger partial charge on any atom is -0.319 e. The van der Waals surface area contributed by atoms with Crippen molar-refractivity contribution in [3.63, 3.8) is 0 Å². The molecule has 0 aliphatic carbocycles. The van der Waals surface area contributed by atoms with Gasteiger partial charge in [0.25, 0.3) is 5.91 Å². The molecule has 0 spiro atoms. The van der Waals surface area contributed by atoms with E-state index in [2.05, 4.69) is 4.99 Å². The van der Waals surface area contributed by atoms with Crippen LogP contribution in [-0.2, 0) is 0 Å². The molecule has 1 aromatic rings. The normalized spacial score (nSPS) is 22.3. The van der Waals surface area contributed by atoms with E-state index in [1.54, 1.807) is 35.7 Å². The second kappa shape index (κ2) is 4.79. The molecule has 1 aromatic carbocycles. The van der Waals surface area contributed by atoms with E-state index in [0.717, 1.165) is 22.4 Å². The number of carbonyl (C=O) groups is 1. The molecule has 1 fully saturated rings.